The second-order valence-electron chi connectivity index (χ2n) is 7.09. The maximum atomic E-state index is 12.6. The number of hydrogen-bond acceptors (Lipinski definition) is 8. The lowest BCUT2D eigenvalue weighted by molar-refractivity contribution is -0.142. The third kappa shape index (κ3) is 12.1. The summed E-state index contributed by atoms with van der Waals surface area (Å²) in [5.41, 5.74) is 15.9. The number of thioether (sulfide) groups is 1. The second-order valence-corrected chi connectivity index (χ2v) is 8.07. The van der Waals surface area contributed by atoms with Gasteiger partial charge in [0.05, 0.1) is 6.04 Å². The number of carboxylic acid groups (broad SMARTS) is 1. The first kappa shape index (κ1) is 29.1. The Bertz CT molecular complexity index is 705. The fourth-order valence-corrected chi connectivity index (χ4v) is 2.92. The van der Waals surface area contributed by atoms with Crippen LogP contribution in [0.4, 0.5) is 0 Å². The first-order chi connectivity index (χ1) is 14.9. The van der Waals surface area contributed by atoms with Gasteiger partial charge in [0.15, 0.2) is 0 Å². The number of primary amides is 2. The number of amides is 5. The fourth-order valence-electron chi connectivity index (χ4n) is 2.43. The molecule has 0 radical (unpaired) electrons. The maximum Gasteiger partial charge on any atom is 0.326 e. The first-order valence-corrected chi connectivity index (χ1v) is 11.2. The van der Waals surface area contributed by atoms with Gasteiger partial charge >= 0.3 is 5.97 Å². The number of carbonyl (C=O) groups excluding carboxylic acids is 5. The molecule has 0 aromatic rings. The number of carbonyl (C=O) groups is 6. The van der Waals surface area contributed by atoms with Crippen LogP contribution in [0.5, 0.6) is 0 Å². The Labute approximate surface area is 189 Å². The standard InChI is InChI=1S/C18H32N6O7S/c1-9(15(27)24-12(18(30)31)4-6-14(21)26)22-17(29)11(3-5-13(20)25)23-16(28)10(19)7-8-32-2/h9-12H,3-8,19H2,1-2H3,(H2,20,25)(H2,21,26)(H,22,29)(H,23,28)(H,24,27)(H,30,31). The smallest absolute Gasteiger partial charge is 0.326 e. The molecule has 0 aromatic carbocycles. The van der Waals surface area contributed by atoms with Gasteiger partial charge in [0.1, 0.15) is 18.1 Å². The van der Waals surface area contributed by atoms with Crippen molar-refractivity contribution in [3.63, 3.8) is 0 Å². The predicted octanol–water partition coefficient (Wildman–Crippen LogP) is -2.84. The Morgan fingerprint density at radius 3 is 1.78 bits per heavy atom. The summed E-state index contributed by atoms with van der Waals surface area (Å²) < 4.78 is 0. The summed E-state index contributed by atoms with van der Waals surface area (Å²) in [5.74, 6) is -4.36. The maximum absolute atomic E-state index is 12.6. The molecule has 0 fully saturated rings. The van der Waals surface area contributed by atoms with E-state index in [1.54, 1.807) is 0 Å². The molecule has 0 aliphatic heterocycles. The molecule has 182 valence electrons. The van der Waals surface area contributed by atoms with Crippen LogP contribution in [0.25, 0.3) is 0 Å². The molecule has 0 aromatic heterocycles. The monoisotopic (exact) mass is 476 g/mol. The Morgan fingerprint density at radius 2 is 1.31 bits per heavy atom. The van der Waals surface area contributed by atoms with Crippen molar-refractivity contribution in [2.45, 2.75) is 63.2 Å². The van der Waals surface area contributed by atoms with Crippen molar-refractivity contribution in [3.05, 3.63) is 0 Å². The van der Waals surface area contributed by atoms with Crippen molar-refractivity contribution in [1.82, 2.24) is 16.0 Å². The van der Waals surface area contributed by atoms with Crippen molar-refractivity contribution in [2.24, 2.45) is 17.2 Å². The molecule has 32 heavy (non-hydrogen) atoms. The van der Waals surface area contributed by atoms with Crippen LogP contribution < -0.4 is 33.2 Å². The molecule has 0 bridgehead atoms. The van der Waals surface area contributed by atoms with Crippen LogP contribution in [0, 0.1) is 0 Å². The molecule has 4 unspecified atom stereocenters. The second kappa shape index (κ2) is 15.0. The minimum atomic E-state index is -1.38. The highest BCUT2D eigenvalue weighted by Crippen LogP contribution is 2.03. The minimum absolute atomic E-state index is 0.118. The number of aliphatic carboxylic acids is 1. The first-order valence-electron chi connectivity index (χ1n) is 9.84. The molecular formula is C18H32N6O7S. The van der Waals surface area contributed by atoms with E-state index in [1.165, 1.54) is 18.7 Å². The van der Waals surface area contributed by atoms with E-state index in [2.05, 4.69) is 16.0 Å². The Hall–Kier alpha value is -2.87. The van der Waals surface area contributed by atoms with E-state index in [0.717, 1.165) is 0 Å². The Morgan fingerprint density at radius 1 is 0.812 bits per heavy atom. The molecule has 0 aliphatic carbocycles. The van der Waals surface area contributed by atoms with Crippen LogP contribution in [0.1, 0.15) is 39.0 Å². The molecule has 14 heteroatoms. The minimum Gasteiger partial charge on any atom is -0.480 e. The normalized spacial score (nSPS) is 14.3. The average Bonchev–Trinajstić information content (AvgIpc) is 2.70. The number of nitrogens with one attached hydrogen (secondary N) is 3. The molecule has 4 atom stereocenters. The summed E-state index contributed by atoms with van der Waals surface area (Å²) in [4.78, 5) is 70.3. The highest BCUT2D eigenvalue weighted by Gasteiger charge is 2.28. The van der Waals surface area contributed by atoms with E-state index in [4.69, 9.17) is 22.3 Å². The zero-order valence-electron chi connectivity index (χ0n) is 18.1. The van der Waals surface area contributed by atoms with Gasteiger partial charge in [-0.1, -0.05) is 0 Å². The zero-order valence-corrected chi connectivity index (χ0v) is 18.9. The largest absolute Gasteiger partial charge is 0.480 e. The molecule has 10 N–H and O–H groups in total. The summed E-state index contributed by atoms with van der Waals surface area (Å²) in [6, 6.07) is -4.62. The fraction of sp³-hybridized carbons (Fsp3) is 0.667. The van der Waals surface area contributed by atoms with E-state index < -0.39 is 59.7 Å². The quantitative estimate of drug-likeness (QED) is 0.121. The van der Waals surface area contributed by atoms with E-state index in [1.807, 2.05) is 6.26 Å². The predicted molar refractivity (Wildman–Crippen MR) is 117 cm³/mol. The third-order valence-electron chi connectivity index (χ3n) is 4.33. The zero-order chi connectivity index (χ0) is 24.8. The topological polar surface area (TPSA) is 237 Å². The molecule has 5 amide bonds. The number of rotatable bonds is 16. The van der Waals surface area contributed by atoms with Gasteiger partial charge in [-0.15, -0.1) is 0 Å². The van der Waals surface area contributed by atoms with E-state index in [-0.39, 0.29) is 25.7 Å². The van der Waals surface area contributed by atoms with Gasteiger partial charge in [-0.2, -0.15) is 11.8 Å². The third-order valence-corrected chi connectivity index (χ3v) is 4.97. The number of hydrogen-bond donors (Lipinski definition) is 7. The molecule has 0 spiro atoms. The number of carboxylic acids is 1. The molecular weight excluding hydrogens is 444 g/mol. The van der Waals surface area contributed by atoms with Crippen LogP contribution >= 0.6 is 11.8 Å². The van der Waals surface area contributed by atoms with Crippen LogP contribution in [-0.4, -0.2) is 76.8 Å². The molecule has 13 nitrogen and oxygen atoms in total. The van der Waals surface area contributed by atoms with E-state index in [0.29, 0.717) is 12.2 Å². The van der Waals surface area contributed by atoms with Crippen LogP contribution in [0.3, 0.4) is 0 Å². The van der Waals surface area contributed by atoms with Gasteiger partial charge in [-0.05, 0) is 38.2 Å². The molecule has 0 aliphatic rings. The molecule has 0 heterocycles. The summed E-state index contributed by atoms with van der Waals surface area (Å²) in [6.07, 6.45) is 1.43. The van der Waals surface area contributed by atoms with Crippen LogP contribution in [-0.2, 0) is 28.8 Å². The molecule has 0 rings (SSSR count). The summed E-state index contributed by atoms with van der Waals surface area (Å²) in [5, 5.41) is 16.2. The molecule has 0 saturated heterocycles. The Kier molecular flexibility index (Phi) is 13.7. The van der Waals surface area contributed by atoms with Gasteiger partial charge in [0, 0.05) is 12.8 Å². The lowest BCUT2D eigenvalue weighted by Crippen LogP contribution is -2.56. The van der Waals surface area contributed by atoms with Gasteiger partial charge in [-0.25, -0.2) is 4.79 Å². The molecule has 0 saturated carbocycles. The van der Waals surface area contributed by atoms with Crippen molar-refractivity contribution in [3.8, 4) is 0 Å². The summed E-state index contributed by atoms with van der Waals surface area (Å²) >= 11 is 1.50. The average molecular weight is 477 g/mol. The Balaban J connectivity index is 5.08. The SMILES string of the molecule is CSCCC(N)C(=O)NC(CCC(N)=O)C(=O)NC(C)C(=O)NC(CCC(N)=O)C(=O)O. The van der Waals surface area contributed by atoms with Crippen molar-refractivity contribution in [2.75, 3.05) is 12.0 Å². The van der Waals surface area contributed by atoms with Crippen LogP contribution in [0.15, 0.2) is 0 Å². The summed E-state index contributed by atoms with van der Waals surface area (Å²) in [7, 11) is 0. The van der Waals surface area contributed by atoms with Gasteiger partial charge in [0.25, 0.3) is 0 Å². The van der Waals surface area contributed by atoms with Crippen molar-refractivity contribution < 1.29 is 33.9 Å². The van der Waals surface area contributed by atoms with E-state index in [9.17, 15) is 28.8 Å². The van der Waals surface area contributed by atoms with Crippen molar-refractivity contribution in [1.29, 1.82) is 0 Å². The van der Waals surface area contributed by atoms with E-state index >= 15 is 0 Å². The lowest BCUT2D eigenvalue weighted by atomic mass is 10.1. The van der Waals surface area contributed by atoms with Crippen LogP contribution in [0.2, 0.25) is 0 Å². The highest BCUT2D eigenvalue weighted by molar-refractivity contribution is 7.98. The number of nitrogens with two attached hydrogens (primary N) is 3. The van der Waals surface area contributed by atoms with Gasteiger partial charge in [0.2, 0.25) is 29.5 Å². The van der Waals surface area contributed by atoms with Crippen molar-refractivity contribution >= 4 is 47.3 Å². The van der Waals surface area contributed by atoms with Gasteiger partial charge < -0.3 is 38.3 Å². The van der Waals surface area contributed by atoms with Gasteiger partial charge in [-0.3, -0.25) is 24.0 Å². The summed E-state index contributed by atoms with van der Waals surface area (Å²) in [6.45, 7) is 1.30. The lowest BCUT2D eigenvalue weighted by Gasteiger charge is -2.23. The highest BCUT2D eigenvalue weighted by atomic mass is 32.2.